The van der Waals surface area contributed by atoms with Gasteiger partial charge in [-0.15, -0.1) is 0 Å². The van der Waals surface area contributed by atoms with Crippen LogP contribution in [0.5, 0.6) is 0 Å². The van der Waals surface area contributed by atoms with E-state index in [0.717, 1.165) is 44.6 Å². The first-order chi connectivity index (χ1) is 16.0. The minimum atomic E-state index is -1.37. The maximum absolute atomic E-state index is 12.9. The number of carbonyl (C=O) groups is 3. The fourth-order valence-electron chi connectivity index (χ4n) is 4.12. The van der Waals surface area contributed by atoms with Crippen LogP contribution >= 0.6 is 0 Å². The Balaban J connectivity index is 0.00000408. The Kier molecular flexibility index (Phi) is 11.1. The molecular formula is C25H31LiN4O4. The Bertz CT molecular complexity index is 949. The molecule has 2 aromatic carbocycles. The average Bonchev–Trinajstić information content (AvgIpc) is 2.83. The molecule has 0 spiro atoms. The fraction of sp³-hybridized carbons (Fsp3) is 0.400. The van der Waals surface area contributed by atoms with E-state index in [-0.39, 0.29) is 30.8 Å². The normalized spacial score (nSPS) is 14.0. The molecule has 1 heterocycles. The summed E-state index contributed by atoms with van der Waals surface area (Å²) in [6, 6.07) is 17.0. The number of carbonyl (C=O) groups excluding carboxylic acids is 3. The molecule has 2 aromatic rings. The molecule has 0 aliphatic carbocycles. The molecule has 0 atom stereocenters. The Hall–Kier alpha value is -2.79. The minimum Gasteiger partial charge on any atom is -0.548 e. The molecule has 1 saturated heterocycles. The zero-order valence-electron chi connectivity index (χ0n) is 20.0. The molecule has 0 unspecified atom stereocenters. The van der Waals surface area contributed by atoms with Crippen LogP contribution in [-0.4, -0.2) is 55.0 Å². The van der Waals surface area contributed by atoms with Crippen molar-refractivity contribution < 1.29 is 38.4 Å². The first-order valence-corrected chi connectivity index (χ1v) is 11.4. The molecule has 176 valence electrons. The summed E-state index contributed by atoms with van der Waals surface area (Å²) in [4.78, 5) is 39.6. The summed E-state index contributed by atoms with van der Waals surface area (Å²) in [7, 11) is 0. The number of hydrogen-bond donors (Lipinski definition) is 2. The third-order valence-corrected chi connectivity index (χ3v) is 5.83. The van der Waals surface area contributed by atoms with Crippen molar-refractivity contribution in [2.75, 3.05) is 36.4 Å². The van der Waals surface area contributed by atoms with Crippen LogP contribution in [-0.2, 0) is 16.0 Å². The summed E-state index contributed by atoms with van der Waals surface area (Å²) >= 11 is 0. The molecule has 0 saturated carbocycles. The number of carboxylic acid groups (broad SMARTS) is 1. The zero-order chi connectivity index (χ0) is 23.6. The second-order valence-corrected chi connectivity index (χ2v) is 8.16. The van der Waals surface area contributed by atoms with E-state index >= 15 is 0 Å². The number of rotatable bonds is 9. The number of benzene rings is 2. The van der Waals surface area contributed by atoms with Gasteiger partial charge in [-0.3, -0.25) is 4.79 Å². The van der Waals surface area contributed by atoms with E-state index in [1.165, 1.54) is 5.56 Å². The van der Waals surface area contributed by atoms with Crippen molar-refractivity contribution >= 4 is 29.3 Å². The quantitative estimate of drug-likeness (QED) is 0.470. The topological polar surface area (TPSA) is 105 Å². The van der Waals surface area contributed by atoms with Crippen LogP contribution in [0.3, 0.4) is 0 Å². The summed E-state index contributed by atoms with van der Waals surface area (Å²) in [6.07, 6.45) is 3.16. The second kappa shape index (κ2) is 13.8. The first kappa shape index (κ1) is 27.5. The van der Waals surface area contributed by atoms with Gasteiger partial charge in [0.1, 0.15) is 0 Å². The Morgan fingerprint density at radius 1 is 1.06 bits per heavy atom. The van der Waals surface area contributed by atoms with Crippen LogP contribution in [0.1, 0.15) is 31.7 Å². The predicted molar refractivity (Wildman–Crippen MR) is 126 cm³/mol. The van der Waals surface area contributed by atoms with Crippen molar-refractivity contribution in [3.8, 4) is 0 Å². The minimum absolute atomic E-state index is 0. The monoisotopic (exact) mass is 458 g/mol. The van der Waals surface area contributed by atoms with E-state index in [9.17, 15) is 19.5 Å². The molecule has 3 rings (SSSR count). The van der Waals surface area contributed by atoms with Crippen molar-refractivity contribution in [3.63, 3.8) is 0 Å². The number of hydrogen-bond acceptors (Lipinski definition) is 5. The average molecular weight is 458 g/mol. The summed E-state index contributed by atoms with van der Waals surface area (Å²) in [5.41, 5.74) is 2.54. The number of aliphatic carboxylic acids is 1. The molecule has 3 amide bonds. The number of anilines is 2. The van der Waals surface area contributed by atoms with Gasteiger partial charge in [-0.05, 0) is 43.0 Å². The van der Waals surface area contributed by atoms with Crippen LogP contribution in [0.15, 0.2) is 54.6 Å². The molecule has 0 aromatic heterocycles. The number of piperidine rings is 1. The molecule has 0 radical (unpaired) electrons. The number of carboxylic acids is 1. The third-order valence-electron chi connectivity index (χ3n) is 5.83. The second-order valence-electron chi connectivity index (χ2n) is 8.16. The van der Waals surface area contributed by atoms with E-state index in [1.807, 2.05) is 24.0 Å². The largest absolute Gasteiger partial charge is 1.00 e. The standard InChI is InChI=1S/C25H32N4O4.Li/c1-2-23(30)29(22-10-6-9-20(17-22)27-25(33)26-18-24(31)32)21-12-15-28(16-13-21)14-11-19-7-4-3-5-8-19;/h3-10,17,21H,2,11-16,18H2,1H3,(H,31,32)(H2,26,27,33);/q;+1/p-1. The number of amides is 3. The summed E-state index contributed by atoms with van der Waals surface area (Å²) in [5.74, 6) is -1.33. The molecule has 1 fully saturated rings. The van der Waals surface area contributed by atoms with Gasteiger partial charge in [0.2, 0.25) is 5.91 Å². The van der Waals surface area contributed by atoms with Crippen LogP contribution in [0, 0.1) is 0 Å². The van der Waals surface area contributed by atoms with Gasteiger partial charge in [0, 0.05) is 43.5 Å². The van der Waals surface area contributed by atoms with Crippen molar-refractivity contribution in [2.24, 2.45) is 0 Å². The van der Waals surface area contributed by atoms with E-state index in [4.69, 9.17) is 0 Å². The maximum atomic E-state index is 12.9. The summed E-state index contributed by atoms with van der Waals surface area (Å²) in [5, 5.41) is 15.3. The van der Waals surface area contributed by atoms with Gasteiger partial charge in [-0.1, -0.05) is 43.3 Å². The zero-order valence-corrected chi connectivity index (χ0v) is 20.0. The SMILES string of the molecule is CCC(=O)N(c1cccc(NC(=O)NCC(=O)[O-])c1)C1CCN(CCc2ccccc2)CC1.[Li+]. The number of urea groups is 1. The van der Waals surface area contributed by atoms with Crippen LogP contribution in [0.25, 0.3) is 0 Å². The van der Waals surface area contributed by atoms with Gasteiger partial charge in [0.05, 0.1) is 12.5 Å². The summed E-state index contributed by atoms with van der Waals surface area (Å²) < 4.78 is 0. The fourth-order valence-corrected chi connectivity index (χ4v) is 4.12. The Morgan fingerprint density at radius 3 is 2.41 bits per heavy atom. The number of nitrogens with one attached hydrogen (secondary N) is 2. The Labute approximate surface area is 212 Å². The van der Waals surface area contributed by atoms with E-state index in [0.29, 0.717) is 12.1 Å². The van der Waals surface area contributed by atoms with Crippen LogP contribution in [0.2, 0.25) is 0 Å². The van der Waals surface area contributed by atoms with E-state index < -0.39 is 18.5 Å². The van der Waals surface area contributed by atoms with E-state index in [2.05, 4.69) is 39.8 Å². The van der Waals surface area contributed by atoms with Crippen LogP contribution in [0.4, 0.5) is 16.2 Å². The third kappa shape index (κ3) is 8.21. The van der Waals surface area contributed by atoms with Gasteiger partial charge in [-0.2, -0.15) is 0 Å². The van der Waals surface area contributed by atoms with Crippen molar-refractivity contribution in [2.45, 2.75) is 38.6 Å². The van der Waals surface area contributed by atoms with Crippen LogP contribution < -0.4 is 39.5 Å². The first-order valence-electron chi connectivity index (χ1n) is 11.4. The maximum Gasteiger partial charge on any atom is 1.00 e. The van der Waals surface area contributed by atoms with Crippen molar-refractivity contribution in [3.05, 3.63) is 60.2 Å². The molecule has 1 aliphatic heterocycles. The van der Waals surface area contributed by atoms with Gasteiger partial charge in [0.25, 0.3) is 0 Å². The molecular weight excluding hydrogens is 427 g/mol. The molecule has 0 bridgehead atoms. The number of nitrogens with zero attached hydrogens (tertiary/aromatic N) is 2. The predicted octanol–water partition coefficient (Wildman–Crippen LogP) is -0.988. The van der Waals surface area contributed by atoms with Gasteiger partial charge in [-0.25, -0.2) is 4.79 Å². The molecule has 8 nitrogen and oxygen atoms in total. The van der Waals surface area contributed by atoms with Crippen molar-refractivity contribution in [1.82, 2.24) is 10.2 Å². The smallest absolute Gasteiger partial charge is 0.548 e. The molecule has 1 aliphatic rings. The molecule has 9 heteroatoms. The number of likely N-dealkylation sites (tertiary alicyclic amines) is 1. The summed E-state index contributed by atoms with van der Waals surface area (Å²) in [6.45, 7) is 4.12. The molecule has 2 N–H and O–H groups in total. The molecule has 34 heavy (non-hydrogen) atoms. The van der Waals surface area contributed by atoms with Gasteiger partial charge in [0.15, 0.2) is 0 Å². The van der Waals surface area contributed by atoms with Gasteiger partial charge >= 0.3 is 24.9 Å². The van der Waals surface area contributed by atoms with Gasteiger partial charge < -0.3 is 30.3 Å². The Morgan fingerprint density at radius 2 is 1.76 bits per heavy atom. The van der Waals surface area contributed by atoms with Crippen molar-refractivity contribution in [1.29, 1.82) is 0 Å². The van der Waals surface area contributed by atoms with E-state index in [1.54, 1.807) is 18.2 Å².